The summed E-state index contributed by atoms with van der Waals surface area (Å²) in [5.41, 5.74) is 3.52. The molecule has 0 aliphatic rings. The van der Waals surface area contributed by atoms with Gasteiger partial charge in [-0.2, -0.15) is 0 Å². The normalized spacial score (nSPS) is 11.3. The van der Waals surface area contributed by atoms with Crippen molar-refractivity contribution < 1.29 is 9.18 Å². The van der Waals surface area contributed by atoms with Crippen molar-refractivity contribution in [2.24, 2.45) is 0 Å². The first-order valence-electron chi connectivity index (χ1n) is 9.40. The molecule has 0 fully saturated rings. The van der Waals surface area contributed by atoms with Crippen LogP contribution in [0.25, 0.3) is 21.8 Å². The minimum Gasteiger partial charge on any atom is -0.341 e. The Morgan fingerprint density at radius 2 is 1.86 bits per heavy atom. The van der Waals surface area contributed by atoms with Crippen LogP contribution in [0.4, 0.5) is 10.1 Å². The van der Waals surface area contributed by atoms with Gasteiger partial charge in [0.25, 0.3) is 0 Å². The molecule has 3 nitrogen and oxygen atoms in total. The Morgan fingerprint density at radius 1 is 1.07 bits per heavy atom. The molecule has 0 atom stereocenters. The Hall–Kier alpha value is -2.50. The second kappa shape index (κ2) is 8.47. The Bertz CT molecular complexity index is 1180. The maximum atomic E-state index is 13.8. The molecule has 0 saturated heterocycles. The number of nitrogens with zero attached hydrogens (tertiary/aromatic N) is 1. The highest BCUT2D eigenvalue weighted by Gasteiger charge is 2.12. The minimum absolute atomic E-state index is 0.124. The number of para-hydroxylation sites is 1. The lowest BCUT2D eigenvalue weighted by Gasteiger charge is -2.08. The van der Waals surface area contributed by atoms with Crippen LogP contribution in [0.2, 0.25) is 5.02 Å². The van der Waals surface area contributed by atoms with Crippen molar-refractivity contribution in [2.75, 3.05) is 11.1 Å². The lowest BCUT2D eigenvalue weighted by molar-refractivity contribution is -0.113. The summed E-state index contributed by atoms with van der Waals surface area (Å²) in [6.45, 7) is 3.01. The number of anilines is 1. The van der Waals surface area contributed by atoms with E-state index in [-0.39, 0.29) is 17.5 Å². The summed E-state index contributed by atoms with van der Waals surface area (Å²) in [6.07, 6.45) is 0. The zero-order valence-electron chi connectivity index (χ0n) is 15.9. The number of carbonyl (C=O) groups is 1. The monoisotopic (exact) mass is 426 g/mol. The van der Waals surface area contributed by atoms with Crippen LogP contribution in [-0.4, -0.2) is 16.2 Å². The number of benzene rings is 3. The fourth-order valence-corrected chi connectivity index (χ4v) is 4.75. The van der Waals surface area contributed by atoms with Crippen LogP contribution in [0.3, 0.4) is 0 Å². The predicted octanol–water partition coefficient (Wildman–Crippen LogP) is 6.48. The number of halogens is 2. The Morgan fingerprint density at radius 3 is 2.66 bits per heavy atom. The Kier molecular flexibility index (Phi) is 5.79. The van der Waals surface area contributed by atoms with Crippen LogP contribution in [0.1, 0.15) is 12.5 Å². The van der Waals surface area contributed by atoms with Crippen molar-refractivity contribution >= 4 is 56.8 Å². The van der Waals surface area contributed by atoms with Gasteiger partial charge in [-0.05, 0) is 43.3 Å². The maximum absolute atomic E-state index is 13.8. The van der Waals surface area contributed by atoms with Gasteiger partial charge in [0.1, 0.15) is 5.82 Å². The number of aryl methyl sites for hydroxylation is 1. The SMILES string of the molecule is CCn1c2ccccc2c2cc(NC(=O)CSCc3c(F)cccc3Cl)ccc21. The largest absolute Gasteiger partial charge is 0.341 e. The van der Waals surface area contributed by atoms with Gasteiger partial charge in [-0.3, -0.25) is 4.79 Å². The smallest absolute Gasteiger partial charge is 0.234 e. The first kappa shape index (κ1) is 19.8. The van der Waals surface area contributed by atoms with E-state index < -0.39 is 0 Å². The quantitative estimate of drug-likeness (QED) is 0.383. The van der Waals surface area contributed by atoms with Crippen LogP contribution in [0.5, 0.6) is 0 Å². The molecule has 4 aromatic rings. The molecule has 1 amide bonds. The lowest BCUT2D eigenvalue weighted by atomic mass is 10.1. The predicted molar refractivity (Wildman–Crippen MR) is 121 cm³/mol. The van der Waals surface area contributed by atoms with Crippen LogP contribution >= 0.6 is 23.4 Å². The summed E-state index contributed by atoms with van der Waals surface area (Å²) in [5.74, 6) is 0.102. The second-order valence-corrected chi connectivity index (χ2v) is 8.13. The van der Waals surface area contributed by atoms with E-state index >= 15 is 0 Å². The van der Waals surface area contributed by atoms with Gasteiger partial charge in [-0.25, -0.2) is 4.39 Å². The van der Waals surface area contributed by atoms with Crippen LogP contribution in [0, 0.1) is 5.82 Å². The van der Waals surface area contributed by atoms with Crippen LogP contribution in [-0.2, 0) is 17.1 Å². The van der Waals surface area contributed by atoms with Gasteiger partial charge in [-0.1, -0.05) is 35.9 Å². The Labute approximate surface area is 177 Å². The van der Waals surface area contributed by atoms with Gasteiger partial charge in [0.15, 0.2) is 0 Å². The molecule has 0 radical (unpaired) electrons. The number of aromatic nitrogens is 1. The molecule has 0 unspecified atom stereocenters. The number of fused-ring (bicyclic) bond motifs is 3. The number of carbonyl (C=O) groups excluding carboxylic acids is 1. The van der Waals surface area contributed by atoms with Gasteiger partial charge in [-0.15, -0.1) is 11.8 Å². The summed E-state index contributed by atoms with van der Waals surface area (Å²) in [5, 5.41) is 5.62. The molecule has 0 spiro atoms. The van der Waals surface area contributed by atoms with E-state index in [1.165, 1.54) is 28.7 Å². The topological polar surface area (TPSA) is 34.0 Å². The van der Waals surface area contributed by atoms with E-state index in [9.17, 15) is 9.18 Å². The van der Waals surface area contributed by atoms with Crippen molar-refractivity contribution in [3.63, 3.8) is 0 Å². The molecule has 1 aromatic heterocycles. The Balaban J connectivity index is 1.48. The third-order valence-corrected chi connectivity index (χ3v) is 6.23. The minimum atomic E-state index is -0.344. The van der Waals surface area contributed by atoms with E-state index in [0.717, 1.165) is 23.1 Å². The summed E-state index contributed by atoms with van der Waals surface area (Å²) >= 11 is 7.37. The second-order valence-electron chi connectivity index (χ2n) is 6.73. The number of hydrogen-bond donors (Lipinski definition) is 1. The molecule has 4 rings (SSSR count). The molecule has 29 heavy (non-hydrogen) atoms. The standard InChI is InChI=1S/C23H20ClFN2OS/c1-2-27-21-9-4-3-6-16(21)17-12-15(10-11-22(17)27)26-23(28)14-29-13-18-19(24)7-5-8-20(18)25/h3-12H,2,13-14H2,1H3,(H,26,28). The zero-order chi connectivity index (χ0) is 20.4. The first-order chi connectivity index (χ1) is 14.1. The third kappa shape index (κ3) is 3.98. The number of hydrogen-bond acceptors (Lipinski definition) is 2. The molecule has 0 aliphatic carbocycles. The highest BCUT2D eigenvalue weighted by Crippen LogP contribution is 2.31. The van der Waals surface area contributed by atoms with Gasteiger partial charge in [0, 0.05) is 50.4 Å². The molecule has 0 saturated carbocycles. The van der Waals surface area contributed by atoms with Gasteiger partial charge < -0.3 is 9.88 Å². The van der Waals surface area contributed by atoms with Crippen LogP contribution in [0.15, 0.2) is 60.7 Å². The summed E-state index contributed by atoms with van der Waals surface area (Å²) in [4.78, 5) is 12.4. The number of nitrogens with one attached hydrogen (secondary N) is 1. The van der Waals surface area contributed by atoms with Crippen LogP contribution < -0.4 is 5.32 Å². The summed E-state index contributed by atoms with van der Waals surface area (Å²) in [6, 6.07) is 18.9. The van der Waals surface area contributed by atoms with E-state index in [1.807, 2.05) is 30.3 Å². The number of amides is 1. The number of thioether (sulfide) groups is 1. The van der Waals surface area contributed by atoms with E-state index in [1.54, 1.807) is 12.1 Å². The van der Waals surface area contributed by atoms with Gasteiger partial charge >= 0.3 is 0 Å². The molecule has 148 valence electrons. The zero-order valence-corrected chi connectivity index (χ0v) is 17.5. The highest BCUT2D eigenvalue weighted by molar-refractivity contribution is 7.99. The summed E-state index contributed by atoms with van der Waals surface area (Å²) in [7, 11) is 0. The maximum Gasteiger partial charge on any atom is 0.234 e. The first-order valence-corrected chi connectivity index (χ1v) is 10.9. The lowest BCUT2D eigenvalue weighted by Crippen LogP contribution is -2.14. The van der Waals surface area contributed by atoms with Crippen molar-refractivity contribution in [1.29, 1.82) is 0 Å². The molecule has 0 bridgehead atoms. The average Bonchev–Trinajstić information content (AvgIpc) is 3.03. The molecule has 0 aliphatic heterocycles. The molecular weight excluding hydrogens is 407 g/mol. The van der Waals surface area contributed by atoms with E-state index in [4.69, 9.17) is 11.6 Å². The fraction of sp³-hybridized carbons (Fsp3) is 0.174. The third-order valence-electron chi connectivity index (χ3n) is 4.91. The van der Waals surface area contributed by atoms with E-state index in [2.05, 4.69) is 28.9 Å². The van der Waals surface area contributed by atoms with Crippen molar-refractivity contribution in [2.45, 2.75) is 19.2 Å². The average molecular weight is 427 g/mol. The fourth-order valence-electron chi connectivity index (χ4n) is 3.59. The van der Waals surface area contributed by atoms with Crippen molar-refractivity contribution in [1.82, 2.24) is 4.57 Å². The molecule has 6 heteroatoms. The van der Waals surface area contributed by atoms with Crippen molar-refractivity contribution in [3.05, 3.63) is 77.1 Å². The highest BCUT2D eigenvalue weighted by atomic mass is 35.5. The van der Waals surface area contributed by atoms with Gasteiger partial charge in [0.05, 0.1) is 5.75 Å². The summed E-state index contributed by atoms with van der Waals surface area (Å²) < 4.78 is 16.1. The molecule has 1 heterocycles. The van der Waals surface area contributed by atoms with Gasteiger partial charge in [0.2, 0.25) is 5.91 Å². The molecule has 1 N–H and O–H groups in total. The van der Waals surface area contributed by atoms with Crippen molar-refractivity contribution in [3.8, 4) is 0 Å². The molecule has 3 aromatic carbocycles. The molecular formula is C23H20ClFN2OS. The van der Waals surface area contributed by atoms with E-state index in [0.29, 0.717) is 16.3 Å². The number of rotatable bonds is 6.